The predicted molar refractivity (Wildman–Crippen MR) is 104 cm³/mol. The number of carbonyl (C=O) groups excluding carboxylic acids is 2. The molecule has 0 N–H and O–H groups in total. The van der Waals surface area contributed by atoms with Gasteiger partial charge in [-0.3, -0.25) is 4.79 Å². The molecule has 28 heavy (non-hydrogen) atoms. The van der Waals surface area contributed by atoms with Crippen LogP contribution in [0, 0.1) is 0 Å². The molecule has 3 aromatic rings. The summed E-state index contributed by atoms with van der Waals surface area (Å²) in [4.78, 5) is 32.1. The molecule has 0 saturated carbocycles. The lowest BCUT2D eigenvalue weighted by atomic mass is 10.1. The lowest BCUT2D eigenvalue weighted by Crippen LogP contribution is -2.38. The third kappa shape index (κ3) is 4.04. The minimum Gasteiger partial charge on any atom is -0.452 e. The summed E-state index contributed by atoms with van der Waals surface area (Å²) in [6.45, 7) is 0.890. The molecule has 0 spiro atoms. The third-order valence-corrected chi connectivity index (χ3v) is 5.46. The Labute approximate surface area is 166 Å². The molecule has 1 amide bonds. The maximum atomic E-state index is 12.5. The van der Waals surface area contributed by atoms with Crippen LogP contribution in [0.25, 0.3) is 0 Å². The van der Waals surface area contributed by atoms with Crippen molar-refractivity contribution in [3.8, 4) is 11.6 Å². The number of hydrogen-bond donors (Lipinski definition) is 0. The zero-order chi connectivity index (χ0) is 19.3. The number of pyridine rings is 1. The molecule has 1 aliphatic heterocycles. The van der Waals surface area contributed by atoms with E-state index in [1.165, 1.54) is 16.6 Å². The number of para-hydroxylation sites is 1. The summed E-state index contributed by atoms with van der Waals surface area (Å²) in [5, 5.41) is 2.04. The highest BCUT2D eigenvalue weighted by Gasteiger charge is 2.23. The molecule has 0 aliphatic carbocycles. The van der Waals surface area contributed by atoms with Crippen LogP contribution in [0.4, 0.5) is 0 Å². The van der Waals surface area contributed by atoms with E-state index < -0.39 is 5.97 Å². The second-order valence-corrected chi connectivity index (χ2v) is 7.28. The number of amides is 1. The fourth-order valence-corrected chi connectivity index (χ4v) is 3.88. The maximum absolute atomic E-state index is 12.5. The molecule has 7 heteroatoms. The Morgan fingerprint density at radius 1 is 1.11 bits per heavy atom. The molecule has 3 heterocycles. The van der Waals surface area contributed by atoms with Crippen molar-refractivity contribution in [3.63, 3.8) is 0 Å². The molecule has 2 aromatic heterocycles. The summed E-state index contributed by atoms with van der Waals surface area (Å²) in [7, 11) is 0. The van der Waals surface area contributed by atoms with Crippen LogP contribution in [0.3, 0.4) is 0 Å². The smallest absolute Gasteiger partial charge is 0.344 e. The summed E-state index contributed by atoms with van der Waals surface area (Å²) < 4.78 is 10.9. The molecule has 4 rings (SSSR count). The van der Waals surface area contributed by atoms with Gasteiger partial charge in [-0.2, -0.15) is 0 Å². The van der Waals surface area contributed by atoms with Crippen molar-refractivity contribution < 1.29 is 19.1 Å². The van der Waals surface area contributed by atoms with Gasteiger partial charge in [-0.15, -0.1) is 11.3 Å². The maximum Gasteiger partial charge on any atom is 0.344 e. The van der Waals surface area contributed by atoms with E-state index >= 15 is 0 Å². The quantitative estimate of drug-likeness (QED) is 0.618. The van der Waals surface area contributed by atoms with E-state index in [9.17, 15) is 9.59 Å². The zero-order valence-electron chi connectivity index (χ0n) is 15.0. The van der Waals surface area contributed by atoms with Gasteiger partial charge in [-0.05, 0) is 47.7 Å². The summed E-state index contributed by atoms with van der Waals surface area (Å²) in [6, 6.07) is 14.3. The summed E-state index contributed by atoms with van der Waals surface area (Å²) in [5.41, 5.74) is 1.35. The van der Waals surface area contributed by atoms with Gasteiger partial charge in [-0.25, -0.2) is 9.78 Å². The second-order valence-electron chi connectivity index (χ2n) is 6.28. The van der Waals surface area contributed by atoms with Crippen LogP contribution < -0.4 is 4.74 Å². The van der Waals surface area contributed by atoms with Crippen molar-refractivity contribution in [2.75, 3.05) is 13.2 Å². The Hall–Kier alpha value is -3.19. The first-order valence-electron chi connectivity index (χ1n) is 8.89. The summed E-state index contributed by atoms with van der Waals surface area (Å²) in [5.74, 6) is -0.140. The third-order valence-electron chi connectivity index (χ3n) is 4.44. The van der Waals surface area contributed by atoms with Crippen molar-refractivity contribution >= 4 is 23.2 Å². The van der Waals surface area contributed by atoms with E-state index in [1.807, 2.05) is 29.6 Å². The topological polar surface area (TPSA) is 68.7 Å². The van der Waals surface area contributed by atoms with E-state index in [0.717, 1.165) is 6.42 Å². The molecule has 6 nitrogen and oxygen atoms in total. The van der Waals surface area contributed by atoms with Gasteiger partial charge in [0.2, 0.25) is 5.88 Å². The van der Waals surface area contributed by atoms with Crippen LogP contribution in [0.2, 0.25) is 0 Å². The largest absolute Gasteiger partial charge is 0.452 e. The fourth-order valence-electron chi connectivity index (χ4n) is 2.99. The first kappa shape index (κ1) is 18.2. The summed E-state index contributed by atoms with van der Waals surface area (Å²) in [6.07, 6.45) is 2.37. The van der Waals surface area contributed by atoms with Crippen LogP contribution in [-0.2, 0) is 22.5 Å². The van der Waals surface area contributed by atoms with Gasteiger partial charge >= 0.3 is 5.97 Å². The Bertz CT molecular complexity index is 987. The van der Waals surface area contributed by atoms with Gasteiger partial charge in [-0.1, -0.05) is 18.2 Å². The van der Waals surface area contributed by atoms with Crippen LogP contribution in [-0.4, -0.2) is 34.9 Å². The molecule has 0 radical (unpaired) electrons. The average Bonchev–Trinajstić information content (AvgIpc) is 3.21. The molecule has 1 aliphatic rings. The zero-order valence-corrected chi connectivity index (χ0v) is 15.9. The number of aromatic nitrogens is 1. The van der Waals surface area contributed by atoms with E-state index in [4.69, 9.17) is 9.47 Å². The van der Waals surface area contributed by atoms with Gasteiger partial charge in [0.25, 0.3) is 5.91 Å². The van der Waals surface area contributed by atoms with Crippen LogP contribution >= 0.6 is 11.3 Å². The van der Waals surface area contributed by atoms with E-state index in [-0.39, 0.29) is 24.0 Å². The number of ether oxygens (including phenoxy) is 2. The van der Waals surface area contributed by atoms with Crippen molar-refractivity contribution in [2.45, 2.75) is 13.0 Å². The average molecular weight is 394 g/mol. The summed E-state index contributed by atoms with van der Waals surface area (Å²) >= 11 is 1.71. The van der Waals surface area contributed by atoms with Crippen LogP contribution in [0.5, 0.6) is 11.6 Å². The number of thiophene rings is 1. The van der Waals surface area contributed by atoms with Gasteiger partial charge in [0.1, 0.15) is 11.3 Å². The molecule has 0 unspecified atom stereocenters. The van der Waals surface area contributed by atoms with E-state index in [2.05, 4.69) is 4.98 Å². The first-order chi connectivity index (χ1) is 13.7. The minimum atomic E-state index is -0.638. The fraction of sp³-hybridized carbons (Fsp3) is 0.190. The van der Waals surface area contributed by atoms with Gasteiger partial charge < -0.3 is 14.4 Å². The number of carbonyl (C=O) groups is 2. The normalized spacial score (nSPS) is 12.9. The number of esters is 1. The first-order valence-corrected chi connectivity index (χ1v) is 9.77. The number of fused-ring (bicyclic) bond motifs is 1. The Kier molecular flexibility index (Phi) is 5.34. The second kappa shape index (κ2) is 8.22. The number of benzene rings is 1. The minimum absolute atomic E-state index is 0.145. The standard InChI is InChI=1S/C21H18N2O4S/c24-19(23-11-8-18-15(13-23)9-12-28-18)14-26-21(25)17-7-4-10-22-20(17)27-16-5-2-1-3-6-16/h1-7,9-10,12H,8,11,13-14H2. The SMILES string of the molecule is O=C(OCC(=O)N1CCc2sccc2C1)c1cccnc1Oc1ccccc1. The molecule has 0 fully saturated rings. The highest BCUT2D eigenvalue weighted by Crippen LogP contribution is 2.25. The van der Waals surface area contributed by atoms with Gasteiger partial charge in [0, 0.05) is 24.2 Å². The van der Waals surface area contributed by atoms with E-state index in [0.29, 0.717) is 18.8 Å². The van der Waals surface area contributed by atoms with Crippen LogP contribution in [0.15, 0.2) is 60.1 Å². The Balaban J connectivity index is 1.38. The lowest BCUT2D eigenvalue weighted by Gasteiger charge is -2.26. The highest BCUT2D eigenvalue weighted by atomic mass is 32.1. The molecule has 0 bridgehead atoms. The Morgan fingerprint density at radius 3 is 2.82 bits per heavy atom. The van der Waals surface area contributed by atoms with Crippen LogP contribution in [0.1, 0.15) is 20.8 Å². The van der Waals surface area contributed by atoms with Gasteiger partial charge in [0.15, 0.2) is 6.61 Å². The molecule has 1 aromatic carbocycles. The van der Waals surface area contributed by atoms with Crippen molar-refractivity contribution in [3.05, 3.63) is 76.1 Å². The highest BCUT2D eigenvalue weighted by molar-refractivity contribution is 7.10. The van der Waals surface area contributed by atoms with Crippen molar-refractivity contribution in [1.82, 2.24) is 9.88 Å². The van der Waals surface area contributed by atoms with E-state index in [1.54, 1.807) is 40.5 Å². The number of hydrogen-bond acceptors (Lipinski definition) is 6. The molecule has 0 atom stereocenters. The Morgan fingerprint density at radius 2 is 1.96 bits per heavy atom. The molecular weight excluding hydrogens is 376 g/mol. The number of rotatable bonds is 5. The molecule has 142 valence electrons. The molecular formula is C21H18N2O4S. The number of nitrogens with zero attached hydrogens (tertiary/aromatic N) is 2. The molecule has 0 saturated heterocycles. The van der Waals surface area contributed by atoms with Crippen molar-refractivity contribution in [1.29, 1.82) is 0 Å². The van der Waals surface area contributed by atoms with Gasteiger partial charge in [0.05, 0.1) is 0 Å². The predicted octanol–water partition coefficient (Wildman–Crippen LogP) is 3.68. The monoisotopic (exact) mass is 394 g/mol. The van der Waals surface area contributed by atoms with Crippen molar-refractivity contribution in [2.24, 2.45) is 0 Å². The lowest BCUT2D eigenvalue weighted by molar-refractivity contribution is -0.135.